The summed E-state index contributed by atoms with van der Waals surface area (Å²) < 4.78 is 48.8. The number of rotatable bonds is 8. The van der Waals surface area contributed by atoms with Crippen molar-refractivity contribution >= 4 is 23.0 Å². The molecule has 38 heavy (non-hydrogen) atoms. The first-order chi connectivity index (χ1) is 18.3. The molecule has 3 aliphatic carbocycles. The molecule has 4 aliphatic rings. The van der Waals surface area contributed by atoms with Gasteiger partial charge < -0.3 is 19.7 Å². The van der Waals surface area contributed by atoms with E-state index in [9.17, 15) is 18.0 Å². The van der Waals surface area contributed by atoms with E-state index in [0.717, 1.165) is 64.0 Å². The van der Waals surface area contributed by atoms with Crippen LogP contribution in [-0.4, -0.2) is 48.0 Å². The molecule has 3 saturated carbocycles. The molecular weight excluding hydrogens is 521 g/mol. The highest BCUT2D eigenvalue weighted by Crippen LogP contribution is 2.47. The van der Waals surface area contributed by atoms with Crippen molar-refractivity contribution in [3.8, 4) is 5.75 Å². The Kier molecular flexibility index (Phi) is 6.97. The predicted molar refractivity (Wildman–Crippen MR) is 138 cm³/mol. The van der Waals surface area contributed by atoms with Crippen LogP contribution in [0, 0.1) is 17.8 Å². The van der Waals surface area contributed by atoms with Crippen molar-refractivity contribution in [2.75, 3.05) is 30.0 Å². The zero-order chi connectivity index (χ0) is 26.4. The third-order valence-electron chi connectivity index (χ3n) is 8.46. The minimum atomic E-state index is -4.70. The summed E-state index contributed by atoms with van der Waals surface area (Å²) in [5, 5.41) is 7.97. The number of nitrogens with one attached hydrogen (secondary N) is 1. The quantitative estimate of drug-likeness (QED) is 0.457. The second-order valence-electron chi connectivity index (χ2n) is 11.1. The van der Waals surface area contributed by atoms with Gasteiger partial charge in [0.1, 0.15) is 10.8 Å². The van der Waals surface area contributed by atoms with E-state index >= 15 is 0 Å². The summed E-state index contributed by atoms with van der Waals surface area (Å²) in [5.41, 5.74) is 1.20. The minimum absolute atomic E-state index is 0.0344. The summed E-state index contributed by atoms with van der Waals surface area (Å²) >= 11 is 6.49. The number of hydrogen-bond donors (Lipinski definition) is 1. The first kappa shape index (κ1) is 25.8. The van der Waals surface area contributed by atoms with Crippen LogP contribution in [-0.2, 0) is 4.74 Å². The van der Waals surface area contributed by atoms with E-state index in [2.05, 4.69) is 20.1 Å². The molecule has 11 heteroatoms. The van der Waals surface area contributed by atoms with E-state index in [1.807, 2.05) is 0 Å². The Balaban J connectivity index is 1.08. The van der Waals surface area contributed by atoms with Gasteiger partial charge in [-0.1, -0.05) is 11.6 Å². The molecule has 0 unspecified atom stereocenters. The van der Waals surface area contributed by atoms with E-state index in [4.69, 9.17) is 16.3 Å². The molecule has 206 valence electrons. The number of halogens is 4. The maximum absolute atomic E-state index is 13.1. The molecule has 1 N–H and O–H groups in total. The highest BCUT2D eigenvalue weighted by Gasteiger charge is 2.46. The van der Waals surface area contributed by atoms with Crippen LogP contribution in [0.5, 0.6) is 5.75 Å². The number of nitrogens with zero attached hydrogens (tertiary/aromatic N) is 3. The molecular formula is C27H32ClF3N4O3. The molecule has 1 aromatic heterocycles. The third kappa shape index (κ3) is 5.61. The first-order valence-corrected chi connectivity index (χ1v) is 13.9. The molecule has 0 amide bonds. The number of fused-ring (bicyclic) bond motifs is 1. The number of alkyl halides is 3. The summed E-state index contributed by atoms with van der Waals surface area (Å²) in [7, 11) is 0. The van der Waals surface area contributed by atoms with Crippen LogP contribution in [0.3, 0.4) is 0 Å². The number of benzene rings is 1. The van der Waals surface area contributed by atoms with Crippen LogP contribution in [0.2, 0.25) is 5.02 Å². The van der Waals surface area contributed by atoms with Crippen molar-refractivity contribution in [2.45, 2.75) is 69.4 Å². The maximum Gasteiger partial charge on any atom is 0.573 e. The van der Waals surface area contributed by atoms with Crippen molar-refractivity contribution in [3.63, 3.8) is 0 Å². The molecule has 2 aromatic rings. The summed E-state index contributed by atoms with van der Waals surface area (Å²) in [4.78, 5) is 15.4. The molecule has 6 rings (SSSR count). The SMILES string of the molecule is O=c1c(Cl)c(NC[C@H]2COC[C@@H]3C[C@@H]32)cnn1C1CCC(N(c2ccc(OC(F)(F)F)cc2)C2CC2)CC1. The van der Waals surface area contributed by atoms with Gasteiger partial charge in [-0.2, -0.15) is 5.10 Å². The molecule has 3 atom stereocenters. The number of hydrogen-bond acceptors (Lipinski definition) is 6. The second kappa shape index (κ2) is 10.3. The molecule has 0 radical (unpaired) electrons. The Labute approximate surface area is 224 Å². The largest absolute Gasteiger partial charge is 0.573 e. The van der Waals surface area contributed by atoms with E-state index in [1.165, 1.54) is 23.2 Å². The molecule has 1 aromatic carbocycles. The van der Waals surface area contributed by atoms with E-state index in [-0.39, 0.29) is 28.4 Å². The fourth-order valence-electron chi connectivity index (χ4n) is 6.29. The van der Waals surface area contributed by atoms with Gasteiger partial charge in [0, 0.05) is 36.8 Å². The van der Waals surface area contributed by atoms with Crippen molar-refractivity contribution in [2.24, 2.45) is 17.8 Å². The van der Waals surface area contributed by atoms with Gasteiger partial charge in [-0.05, 0) is 81.0 Å². The van der Waals surface area contributed by atoms with Gasteiger partial charge in [0.15, 0.2) is 0 Å². The summed E-state index contributed by atoms with van der Waals surface area (Å²) in [6, 6.07) is 6.76. The zero-order valence-corrected chi connectivity index (χ0v) is 21.8. The van der Waals surface area contributed by atoms with Crippen molar-refractivity contribution < 1.29 is 22.6 Å². The summed E-state index contributed by atoms with van der Waals surface area (Å²) in [6.45, 7) is 2.32. The van der Waals surface area contributed by atoms with E-state index < -0.39 is 6.36 Å². The predicted octanol–water partition coefficient (Wildman–Crippen LogP) is 5.64. The number of anilines is 2. The Bertz CT molecular complexity index is 1200. The minimum Gasteiger partial charge on any atom is -0.406 e. The Morgan fingerprint density at radius 1 is 1.08 bits per heavy atom. The van der Waals surface area contributed by atoms with Crippen LogP contribution in [0.4, 0.5) is 24.5 Å². The van der Waals surface area contributed by atoms with Crippen molar-refractivity contribution in [1.82, 2.24) is 9.78 Å². The van der Waals surface area contributed by atoms with E-state index in [1.54, 1.807) is 18.3 Å². The fourth-order valence-corrected chi connectivity index (χ4v) is 6.49. The third-order valence-corrected chi connectivity index (χ3v) is 8.82. The highest BCUT2D eigenvalue weighted by atomic mass is 35.5. The Morgan fingerprint density at radius 2 is 1.76 bits per heavy atom. The first-order valence-electron chi connectivity index (χ1n) is 13.5. The molecule has 0 spiro atoms. The number of aromatic nitrogens is 2. The Hall–Kier alpha value is -2.46. The molecule has 1 aliphatic heterocycles. The molecule has 4 fully saturated rings. The van der Waals surface area contributed by atoms with Gasteiger partial charge in [0.25, 0.3) is 5.56 Å². The van der Waals surface area contributed by atoms with Crippen LogP contribution in [0.25, 0.3) is 0 Å². The molecule has 7 nitrogen and oxygen atoms in total. The van der Waals surface area contributed by atoms with Gasteiger partial charge >= 0.3 is 6.36 Å². The number of ether oxygens (including phenoxy) is 2. The second-order valence-corrected chi connectivity index (χ2v) is 11.5. The lowest BCUT2D eigenvalue weighted by Gasteiger charge is -2.39. The van der Waals surface area contributed by atoms with E-state index in [0.29, 0.717) is 29.5 Å². The van der Waals surface area contributed by atoms with Gasteiger partial charge in [-0.15, -0.1) is 13.2 Å². The normalized spacial score (nSPS) is 28.9. The summed E-state index contributed by atoms with van der Waals surface area (Å²) in [6.07, 6.45) is 3.59. The molecule has 1 saturated heterocycles. The van der Waals surface area contributed by atoms with Crippen LogP contribution < -0.4 is 20.5 Å². The lowest BCUT2D eigenvalue weighted by Crippen LogP contribution is -2.41. The van der Waals surface area contributed by atoms with Gasteiger partial charge in [-0.25, -0.2) is 4.68 Å². The average molecular weight is 553 g/mol. The fraction of sp³-hybridized carbons (Fsp3) is 0.630. The average Bonchev–Trinajstić information content (AvgIpc) is 3.81. The van der Waals surface area contributed by atoms with Crippen LogP contribution >= 0.6 is 11.6 Å². The monoisotopic (exact) mass is 552 g/mol. The topological polar surface area (TPSA) is 68.6 Å². The highest BCUT2D eigenvalue weighted by molar-refractivity contribution is 6.32. The van der Waals surface area contributed by atoms with Gasteiger partial charge in [0.05, 0.1) is 24.5 Å². The van der Waals surface area contributed by atoms with Crippen LogP contribution in [0.15, 0.2) is 35.3 Å². The molecule has 2 heterocycles. The standard InChI is InChI=1S/C27H32ClF3N4O3/c28-25-24(32-12-17-15-37-14-16-11-23(16)17)13-33-35(26(25)36)21-5-3-19(4-6-21)34(18-1-2-18)20-7-9-22(10-8-20)38-27(29,30)31/h7-10,13,16-19,21,23,32H,1-6,11-12,14-15H2/t16-,17-,19?,21?,23-/m0/s1. The lowest BCUT2D eigenvalue weighted by molar-refractivity contribution is -0.274. The van der Waals surface area contributed by atoms with Crippen molar-refractivity contribution in [3.05, 3.63) is 45.8 Å². The lowest BCUT2D eigenvalue weighted by atomic mass is 9.89. The Morgan fingerprint density at radius 3 is 2.42 bits per heavy atom. The van der Waals surface area contributed by atoms with Gasteiger partial charge in [-0.3, -0.25) is 4.79 Å². The maximum atomic E-state index is 13.1. The smallest absolute Gasteiger partial charge is 0.406 e. The van der Waals surface area contributed by atoms with Crippen LogP contribution in [0.1, 0.15) is 51.0 Å². The van der Waals surface area contributed by atoms with Gasteiger partial charge in [0.2, 0.25) is 0 Å². The molecule has 0 bridgehead atoms. The van der Waals surface area contributed by atoms with Crippen molar-refractivity contribution in [1.29, 1.82) is 0 Å². The zero-order valence-electron chi connectivity index (χ0n) is 21.0. The summed E-state index contributed by atoms with van der Waals surface area (Å²) in [5.74, 6) is 1.61.